The van der Waals surface area contributed by atoms with Crippen molar-refractivity contribution in [1.29, 1.82) is 0 Å². The van der Waals surface area contributed by atoms with Crippen LogP contribution in [0.25, 0.3) is 0 Å². The minimum atomic E-state index is 0.458. The van der Waals surface area contributed by atoms with E-state index in [1.165, 1.54) is 0 Å². The minimum absolute atomic E-state index is 0.458. The topological polar surface area (TPSA) is 24.4 Å². The van der Waals surface area contributed by atoms with Crippen molar-refractivity contribution in [3.63, 3.8) is 0 Å². The summed E-state index contributed by atoms with van der Waals surface area (Å²) in [5.41, 5.74) is 0.665. The van der Waals surface area contributed by atoms with E-state index in [9.17, 15) is 0 Å². The van der Waals surface area contributed by atoms with Crippen LogP contribution in [0.4, 0.5) is 0 Å². The number of hydrogen-bond donors (Lipinski definition) is 1. The lowest BCUT2D eigenvalue weighted by molar-refractivity contribution is 1.05. The van der Waals surface area contributed by atoms with Gasteiger partial charge in [-0.15, -0.1) is 0 Å². The van der Waals surface area contributed by atoms with Gasteiger partial charge in [0.25, 0.3) is 0 Å². The summed E-state index contributed by atoms with van der Waals surface area (Å²) in [6.45, 7) is 6.23. The van der Waals surface area contributed by atoms with Crippen LogP contribution < -0.4 is 5.32 Å². The first kappa shape index (κ1) is 8.50. The molecule has 2 nitrogen and oxygen atoms in total. The molecular formula is C6H11ClN2. The van der Waals surface area contributed by atoms with Gasteiger partial charge in [-0.1, -0.05) is 18.2 Å². The largest absolute Gasteiger partial charge is 0.386 e. The molecule has 0 heterocycles. The third-order valence-electron chi connectivity index (χ3n) is 0.848. The Balaban J connectivity index is 3.86. The Kier molecular flexibility index (Phi) is 4.14. The van der Waals surface area contributed by atoms with Gasteiger partial charge in [-0.05, 0) is 6.92 Å². The molecule has 0 aromatic rings. The molecule has 0 fully saturated rings. The average molecular weight is 147 g/mol. The Hall–Kier alpha value is -0.500. The van der Waals surface area contributed by atoms with Gasteiger partial charge in [0.2, 0.25) is 0 Å². The van der Waals surface area contributed by atoms with Crippen LogP contribution in [0.15, 0.2) is 17.3 Å². The number of hydrogen-bond acceptors (Lipinski definition) is 2. The third kappa shape index (κ3) is 3.14. The van der Waals surface area contributed by atoms with Gasteiger partial charge in [0, 0.05) is 13.6 Å². The number of nitrogens with zero attached hydrogens (tertiary/aromatic N) is 1. The van der Waals surface area contributed by atoms with Crippen molar-refractivity contribution in [1.82, 2.24) is 5.32 Å². The van der Waals surface area contributed by atoms with Crippen molar-refractivity contribution in [2.45, 2.75) is 6.92 Å². The molecule has 0 radical (unpaired) electrons. The molecule has 9 heavy (non-hydrogen) atoms. The molecule has 0 amide bonds. The molecular weight excluding hydrogens is 136 g/mol. The molecule has 0 atom stereocenters. The maximum Gasteiger partial charge on any atom is 0.146 e. The average Bonchev–Trinajstić information content (AvgIpc) is 1.87. The molecule has 0 aromatic heterocycles. The summed E-state index contributed by atoms with van der Waals surface area (Å²) in [4.78, 5) is 3.92. The predicted octanol–water partition coefficient (Wildman–Crippen LogP) is 1.38. The molecule has 0 bridgehead atoms. The third-order valence-corrected chi connectivity index (χ3v) is 1.20. The maximum absolute atomic E-state index is 5.62. The summed E-state index contributed by atoms with van der Waals surface area (Å²) in [6.07, 6.45) is 0. The summed E-state index contributed by atoms with van der Waals surface area (Å²) in [7, 11) is 1.76. The highest BCUT2D eigenvalue weighted by atomic mass is 35.5. The van der Waals surface area contributed by atoms with Crippen LogP contribution in [0.2, 0.25) is 0 Å². The molecule has 0 aliphatic heterocycles. The van der Waals surface area contributed by atoms with E-state index in [0.29, 0.717) is 17.4 Å². The van der Waals surface area contributed by atoms with Crippen LogP contribution in [0, 0.1) is 0 Å². The van der Waals surface area contributed by atoms with Gasteiger partial charge in [-0.3, -0.25) is 4.99 Å². The van der Waals surface area contributed by atoms with Gasteiger partial charge in [-0.25, -0.2) is 0 Å². The van der Waals surface area contributed by atoms with E-state index >= 15 is 0 Å². The lowest BCUT2D eigenvalue weighted by atomic mass is 10.5. The molecule has 0 spiro atoms. The maximum atomic E-state index is 5.62. The molecule has 0 rings (SSSR count). The number of halogens is 1. The van der Waals surface area contributed by atoms with Crippen molar-refractivity contribution in [3.05, 3.63) is 12.3 Å². The fourth-order valence-electron chi connectivity index (χ4n) is 0.337. The minimum Gasteiger partial charge on any atom is -0.386 e. The molecule has 52 valence electrons. The second-order valence-electron chi connectivity index (χ2n) is 1.49. The summed E-state index contributed by atoms with van der Waals surface area (Å²) in [5.74, 6) is 0. The van der Waals surface area contributed by atoms with Crippen molar-refractivity contribution in [2.24, 2.45) is 4.99 Å². The first-order chi connectivity index (χ1) is 4.22. The van der Waals surface area contributed by atoms with E-state index < -0.39 is 0 Å². The van der Waals surface area contributed by atoms with Crippen LogP contribution in [-0.2, 0) is 0 Å². The highest BCUT2D eigenvalue weighted by molar-refractivity contribution is 6.69. The zero-order chi connectivity index (χ0) is 7.28. The van der Waals surface area contributed by atoms with E-state index in [1.807, 2.05) is 6.92 Å². The summed E-state index contributed by atoms with van der Waals surface area (Å²) in [6, 6.07) is 0. The first-order valence-corrected chi connectivity index (χ1v) is 3.17. The highest BCUT2D eigenvalue weighted by Crippen LogP contribution is 1.94. The van der Waals surface area contributed by atoms with Gasteiger partial charge in [-0.2, -0.15) is 0 Å². The van der Waals surface area contributed by atoms with Crippen LogP contribution in [0.1, 0.15) is 6.92 Å². The van der Waals surface area contributed by atoms with E-state index in [4.69, 9.17) is 11.6 Å². The van der Waals surface area contributed by atoms with Gasteiger partial charge in [0.05, 0.1) is 5.70 Å². The number of rotatable bonds is 3. The number of allylic oxidation sites excluding steroid dienone is 1. The van der Waals surface area contributed by atoms with E-state index in [1.54, 1.807) is 7.05 Å². The van der Waals surface area contributed by atoms with E-state index in [-0.39, 0.29) is 0 Å². The number of aliphatic imine (C=N–C) groups is 1. The predicted molar refractivity (Wildman–Crippen MR) is 42.0 cm³/mol. The Morgan fingerprint density at radius 3 is 2.67 bits per heavy atom. The zero-order valence-electron chi connectivity index (χ0n) is 5.74. The fraction of sp³-hybridized carbons (Fsp3) is 0.500. The first-order valence-electron chi connectivity index (χ1n) is 2.79. The van der Waals surface area contributed by atoms with Crippen LogP contribution in [0.3, 0.4) is 0 Å². The molecule has 0 aromatic carbocycles. The normalized spacial score (nSPS) is 11.2. The van der Waals surface area contributed by atoms with Crippen molar-refractivity contribution in [2.75, 3.05) is 13.6 Å². The Morgan fingerprint density at radius 1 is 1.78 bits per heavy atom. The Morgan fingerprint density at radius 2 is 2.33 bits per heavy atom. The highest BCUT2D eigenvalue weighted by Gasteiger charge is 1.93. The quantitative estimate of drug-likeness (QED) is 0.598. The monoisotopic (exact) mass is 146 g/mol. The lowest BCUT2D eigenvalue weighted by Crippen LogP contribution is -2.10. The van der Waals surface area contributed by atoms with Gasteiger partial charge in [0.1, 0.15) is 5.17 Å². The van der Waals surface area contributed by atoms with Crippen LogP contribution >= 0.6 is 11.6 Å². The van der Waals surface area contributed by atoms with Crippen LogP contribution in [0.5, 0.6) is 0 Å². The van der Waals surface area contributed by atoms with E-state index in [0.717, 1.165) is 0 Å². The van der Waals surface area contributed by atoms with Crippen LogP contribution in [-0.4, -0.2) is 18.8 Å². The zero-order valence-corrected chi connectivity index (χ0v) is 6.50. The second-order valence-corrected chi connectivity index (χ2v) is 1.85. The smallest absolute Gasteiger partial charge is 0.146 e. The summed E-state index contributed by atoms with van der Waals surface area (Å²) in [5, 5.41) is 3.25. The molecule has 0 unspecified atom stereocenters. The van der Waals surface area contributed by atoms with Gasteiger partial charge >= 0.3 is 0 Å². The molecule has 0 aliphatic rings. The molecule has 0 saturated heterocycles. The van der Waals surface area contributed by atoms with E-state index in [2.05, 4.69) is 16.9 Å². The Labute approximate surface area is 60.6 Å². The Bertz CT molecular complexity index is 129. The lowest BCUT2D eigenvalue weighted by Gasteiger charge is -1.99. The van der Waals surface area contributed by atoms with Crippen molar-refractivity contribution in [3.8, 4) is 0 Å². The second kappa shape index (κ2) is 4.39. The van der Waals surface area contributed by atoms with Gasteiger partial charge < -0.3 is 5.32 Å². The molecule has 1 N–H and O–H groups in total. The molecule has 0 aliphatic carbocycles. The summed E-state index contributed by atoms with van der Waals surface area (Å²) >= 11 is 5.62. The van der Waals surface area contributed by atoms with Crippen molar-refractivity contribution >= 4 is 16.8 Å². The van der Waals surface area contributed by atoms with Crippen molar-refractivity contribution < 1.29 is 0 Å². The number of nitrogens with one attached hydrogen (secondary N) is 1. The fourth-order valence-corrected chi connectivity index (χ4v) is 0.551. The standard InChI is InChI=1S/C6H11ClN2/c1-4-9-6(7)5(2)8-3/h8H,2,4H2,1,3H3. The summed E-state index contributed by atoms with van der Waals surface area (Å²) < 4.78 is 0. The molecule has 3 heteroatoms. The molecule has 0 saturated carbocycles. The SMILES string of the molecule is C=C(NC)C(Cl)=NCC. The van der Waals surface area contributed by atoms with Gasteiger partial charge in [0.15, 0.2) is 0 Å².